The molecule has 0 aliphatic heterocycles. The zero-order chi connectivity index (χ0) is 16.1. The Kier molecular flexibility index (Phi) is 4.30. The first-order chi connectivity index (χ1) is 11.3. The first-order valence-electron chi connectivity index (χ1n) is 7.39. The van der Waals surface area contributed by atoms with Crippen LogP contribution in [0.2, 0.25) is 0 Å². The van der Waals surface area contributed by atoms with E-state index in [1.165, 1.54) is 0 Å². The Balaban J connectivity index is 1.65. The van der Waals surface area contributed by atoms with Gasteiger partial charge < -0.3 is 5.32 Å². The predicted molar refractivity (Wildman–Crippen MR) is 89.9 cm³/mol. The summed E-state index contributed by atoms with van der Waals surface area (Å²) in [6.07, 6.45) is 2.74. The number of nitrogens with one attached hydrogen (secondary N) is 1. The lowest BCUT2D eigenvalue weighted by Crippen LogP contribution is -2.12. The fourth-order valence-corrected chi connectivity index (χ4v) is 2.42. The van der Waals surface area contributed by atoms with Crippen molar-refractivity contribution in [2.45, 2.75) is 12.8 Å². The van der Waals surface area contributed by atoms with Crippen molar-refractivity contribution in [1.82, 2.24) is 4.98 Å². The SMILES string of the molecule is N#Cc1ccc(CCC(=O)Nc2cccc3cccnc23)cc1. The van der Waals surface area contributed by atoms with Crippen LogP contribution in [0.25, 0.3) is 10.9 Å². The molecule has 0 bridgehead atoms. The highest BCUT2D eigenvalue weighted by Crippen LogP contribution is 2.20. The second kappa shape index (κ2) is 6.71. The lowest BCUT2D eigenvalue weighted by atomic mass is 10.1. The summed E-state index contributed by atoms with van der Waals surface area (Å²) < 4.78 is 0. The molecule has 4 nitrogen and oxygen atoms in total. The molecule has 0 radical (unpaired) electrons. The van der Waals surface area contributed by atoms with Crippen molar-refractivity contribution in [2.75, 3.05) is 5.32 Å². The maximum absolute atomic E-state index is 12.2. The van der Waals surface area contributed by atoms with E-state index >= 15 is 0 Å². The number of benzene rings is 2. The smallest absolute Gasteiger partial charge is 0.224 e. The summed E-state index contributed by atoms with van der Waals surface area (Å²) in [5.41, 5.74) is 3.19. The first-order valence-corrected chi connectivity index (χ1v) is 7.39. The molecular weight excluding hydrogens is 286 g/mol. The van der Waals surface area contributed by atoms with E-state index in [2.05, 4.69) is 16.4 Å². The van der Waals surface area contributed by atoms with Crippen LogP contribution in [0.15, 0.2) is 60.8 Å². The van der Waals surface area contributed by atoms with Crippen LogP contribution in [0.3, 0.4) is 0 Å². The van der Waals surface area contributed by atoms with Gasteiger partial charge in [-0.3, -0.25) is 9.78 Å². The average Bonchev–Trinajstić information content (AvgIpc) is 2.61. The van der Waals surface area contributed by atoms with Crippen LogP contribution in [0, 0.1) is 11.3 Å². The van der Waals surface area contributed by atoms with E-state index in [0.717, 1.165) is 22.2 Å². The third kappa shape index (κ3) is 3.53. The Morgan fingerprint density at radius 1 is 1.09 bits per heavy atom. The number of carbonyl (C=O) groups is 1. The van der Waals surface area contributed by atoms with E-state index in [9.17, 15) is 4.79 Å². The maximum Gasteiger partial charge on any atom is 0.224 e. The molecule has 0 aliphatic rings. The van der Waals surface area contributed by atoms with Crippen molar-refractivity contribution >= 4 is 22.5 Å². The maximum atomic E-state index is 12.2. The number of pyridine rings is 1. The Morgan fingerprint density at radius 3 is 2.65 bits per heavy atom. The molecule has 112 valence electrons. The standard InChI is InChI=1S/C19H15N3O/c20-13-15-8-6-14(7-9-15)10-11-18(23)22-17-5-1-3-16-4-2-12-21-19(16)17/h1-9,12H,10-11H2,(H,22,23). The van der Waals surface area contributed by atoms with Crippen LogP contribution in [0.1, 0.15) is 17.5 Å². The van der Waals surface area contributed by atoms with Crippen LogP contribution in [-0.2, 0) is 11.2 Å². The normalized spacial score (nSPS) is 10.2. The van der Waals surface area contributed by atoms with E-state index in [1.54, 1.807) is 18.3 Å². The van der Waals surface area contributed by atoms with Gasteiger partial charge in [0.2, 0.25) is 5.91 Å². The van der Waals surface area contributed by atoms with Gasteiger partial charge in [0.25, 0.3) is 0 Å². The first kappa shape index (κ1) is 14.7. The molecule has 0 saturated carbocycles. The molecule has 1 heterocycles. The number of aryl methyl sites for hydroxylation is 1. The molecule has 1 amide bonds. The average molecular weight is 301 g/mol. The van der Waals surface area contributed by atoms with Gasteiger partial charge in [0.1, 0.15) is 0 Å². The number of rotatable bonds is 4. The number of aromatic nitrogens is 1. The highest BCUT2D eigenvalue weighted by Gasteiger charge is 2.07. The Hall–Kier alpha value is -3.19. The summed E-state index contributed by atoms with van der Waals surface area (Å²) in [5.74, 6) is -0.0486. The minimum Gasteiger partial charge on any atom is -0.324 e. The van der Waals surface area contributed by atoms with Gasteiger partial charge in [-0.25, -0.2) is 0 Å². The molecule has 0 aliphatic carbocycles. The fraction of sp³-hybridized carbons (Fsp3) is 0.105. The molecule has 0 atom stereocenters. The van der Waals surface area contributed by atoms with E-state index in [0.29, 0.717) is 18.4 Å². The topological polar surface area (TPSA) is 65.8 Å². The number of hydrogen-bond donors (Lipinski definition) is 1. The van der Waals surface area contributed by atoms with Gasteiger partial charge in [-0.05, 0) is 36.2 Å². The number of hydrogen-bond acceptors (Lipinski definition) is 3. The second-order valence-electron chi connectivity index (χ2n) is 5.24. The Bertz CT molecular complexity index is 874. The van der Waals surface area contributed by atoms with Crippen molar-refractivity contribution in [1.29, 1.82) is 5.26 Å². The number of nitriles is 1. The second-order valence-corrected chi connectivity index (χ2v) is 5.24. The summed E-state index contributed by atoms with van der Waals surface area (Å²) in [5, 5.41) is 12.7. The van der Waals surface area contributed by atoms with Gasteiger partial charge in [-0.1, -0.05) is 30.3 Å². The van der Waals surface area contributed by atoms with Crippen molar-refractivity contribution < 1.29 is 4.79 Å². The van der Waals surface area contributed by atoms with Crippen molar-refractivity contribution in [3.8, 4) is 6.07 Å². The molecular formula is C19H15N3O. The van der Waals surface area contributed by atoms with Crippen molar-refractivity contribution in [3.05, 3.63) is 71.9 Å². The molecule has 2 aromatic carbocycles. The van der Waals surface area contributed by atoms with Gasteiger partial charge in [0.15, 0.2) is 0 Å². The van der Waals surface area contributed by atoms with Gasteiger partial charge in [-0.2, -0.15) is 5.26 Å². The van der Waals surface area contributed by atoms with Gasteiger partial charge in [0, 0.05) is 18.0 Å². The van der Waals surface area contributed by atoms with E-state index < -0.39 is 0 Å². The predicted octanol–water partition coefficient (Wildman–Crippen LogP) is 3.68. The number of fused-ring (bicyclic) bond motifs is 1. The molecule has 0 unspecified atom stereocenters. The van der Waals surface area contributed by atoms with E-state index in [-0.39, 0.29) is 5.91 Å². The molecule has 3 aromatic rings. The van der Waals surface area contributed by atoms with E-state index in [4.69, 9.17) is 5.26 Å². The minimum absolute atomic E-state index is 0.0486. The molecule has 1 aromatic heterocycles. The number of nitrogens with zero attached hydrogens (tertiary/aromatic N) is 2. The van der Waals surface area contributed by atoms with Crippen molar-refractivity contribution in [3.63, 3.8) is 0 Å². The Morgan fingerprint density at radius 2 is 1.87 bits per heavy atom. The van der Waals surface area contributed by atoms with Crippen molar-refractivity contribution in [2.24, 2.45) is 0 Å². The minimum atomic E-state index is -0.0486. The van der Waals surface area contributed by atoms with Crippen LogP contribution in [0.5, 0.6) is 0 Å². The zero-order valence-corrected chi connectivity index (χ0v) is 12.5. The van der Waals surface area contributed by atoms with Gasteiger partial charge in [0.05, 0.1) is 22.8 Å². The number of carbonyl (C=O) groups excluding carboxylic acids is 1. The number of anilines is 1. The molecule has 0 spiro atoms. The highest BCUT2D eigenvalue weighted by atomic mass is 16.1. The monoisotopic (exact) mass is 301 g/mol. The largest absolute Gasteiger partial charge is 0.324 e. The van der Waals surface area contributed by atoms with Gasteiger partial charge >= 0.3 is 0 Å². The van der Waals surface area contributed by atoms with Crippen LogP contribution < -0.4 is 5.32 Å². The Labute approximate surface area is 134 Å². The third-order valence-electron chi connectivity index (χ3n) is 3.63. The number of para-hydroxylation sites is 1. The summed E-state index contributed by atoms with van der Waals surface area (Å²) in [6, 6.07) is 18.9. The van der Waals surface area contributed by atoms with Crippen LogP contribution in [-0.4, -0.2) is 10.9 Å². The summed E-state index contributed by atoms with van der Waals surface area (Å²) >= 11 is 0. The lowest BCUT2D eigenvalue weighted by Gasteiger charge is -2.08. The molecule has 4 heteroatoms. The van der Waals surface area contributed by atoms with E-state index in [1.807, 2.05) is 42.5 Å². The van der Waals surface area contributed by atoms with Gasteiger partial charge in [-0.15, -0.1) is 0 Å². The summed E-state index contributed by atoms with van der Waals surface area (Å²) in [4.78, 5) is 16.5. The van der Waals surface area contributed by atoms with Crippen LogP contribution in [0.4, 0.5) is 5.69 Å². The molecule has 0 fully saturated rings. The fourth-order valence-electron chi connectivity index (χ4n) is 2.42. The zero-order valence-electron chi connectivity index (χ0n) is 12.5. The lowest BCUT2D eigenvalue weighted by molar-refractivity contribution is -0.116. The van der Waals surface area contributed by atoms with Crippen LogP contribution >= 0.6 is 0 Å². The molecule has 23 heavy (non-hydrogen) atoms. The number of amides is 1. The summed E-state index contributed by atoms with van der Waals surface area (Å²) in [7, 11) is 0. The molecule has 1 N–H and O–H groups in total. The summed E-state index contributed by atoms with van der Waals surface area (Å²) in [6.45, 7) is 0. The third-order valence-corrected chi connectivity index (χ3v) is 3.63. The highest BCUT2D eigenvalue weighted by molar-refractivity contribution is 6.00. The quantitative estimate of drug-likeness (QED) is 0.799. The molecule has 3 rings (SSSR count). The molecule has 0 saturated heterocycles.